The fourth-order valence-corrected chi connectivity index (χ4v) is 3.29. The van der Waals surface area contributed by atoms with E-state index in [0.29, 0.717) is 12.3 Å². The van der Waals surface area contributed by atoms with Crippen molar-refractivity contribution in [3.63, 3.8) is 0 Å². The smallest absolute Gasteiger partial charge is 0.306 e. The summed E-state index contributed by atoms with van der Waals surface area (Å²) >= 11 is 0. The summed E-state index contributed by atoms with van der Waals surface area (Å²) in [5.41, 5.74) is 5.05. The molecule has 2 aromatic rings. The third-order valence-corrected chi connectivity index (χ3v) is 4.61. The van der Waals surface area contributed by atoms with E-state index in [0.717, 1.165) is 18.4 Å². The van der Waals surface area contributed by atoms with Crippen LogP contribution in [0.5, 0.6) is 0 Å². The Morgan fingerprint density at radius 1 is 1.19 bits per heavy atom. The van der Waals surface area contributed by atoms with Gasteiger partial charge in [0.05, 0.1) is 5.92 Å². The van der Waals surface area contributed by atoms with Crippen molar-refractivity contribution < 1.29 is 9.90 Å². The van der Waals surface area contributed by atoms with Crippen molar-refractivity contribution in [2.75, 3.05) is 0 Å². The van der Waals surface area contributed by atoms with Crippen molar-refractivity contribution in [2.24, 2.45) is 5.92 Å². The van der Waals surface area contributed by atoms with Crippen molar-refractivity contribution in [3.8, 4) is 0 Å². The van der Waals surface area contributed by atoms with E-state index in [-0.39, 0.29) is 5.92 Å². The van der Waals surface area contributed by atoms with Gasteiger partial charge in [0.15, 0.2) is 0 Å². The Kier molecular flexibility index (Phi) is 3.78. The fraction of sp³-hybridized carbons (Fsp3) is 0.316. The second-order valence-corrected chi connectivity index (χ2v) is 6.00. The van der Waals surface area contributed by atoms with Crippen LogP contribution in [0.4, 0.5) is 0 Å². The van der Waals surface area contributed by atoms with Crippen LogP contribution in [0, 0.1) is 12.8 Å². The molecule has 0 amide bonds. The molecular weight excluding hydrogens is 260 g/mol. The number of fused-ring (bicyclic) bond motifs is 1. The topological polar surface area (TPSA) is 37.3 Å². The van der Waals surface area contributed by atoms with Crippen LogP contribution in [0.1, 0.15) is 34.6 Å². The maximum Gasteiger partial charge on any atom is 0.306 e. The molecule has 0 saturated carbocycles. The summed E-state index contributed by atoms with van der Waals surface area (Å²) in [7, 11) is 0. The minimum atomic E-state index is -0.678. The lowest BCUT2D eigenvalue weighted by atomic mass is 9.72. The molecule has 21 heavy (non-hydrogen) atoms. The lowest BCUT2D eigenvalue weighted by Crippen LogP contribution is -2.25. The van der Waals surface area contributed by atoms with E-state index in [9.17, 15) is 9.90 Å². The average Bonchev–Trinajstić information content (AvgIpc) is 2.45. The summed E-state index contributed by atoms with van der Waals surface area (Å²) in [6.45, 7) is 2.05. The highest BCUT2D eigenvalue weighted by molar-refractivity contribution is 5.70. The number of carboxylic acid groups (broad SMARTS) is 1. The number of benzene rings is 2. The van der Waals surface area contributed by atoms with Crippen molar-refractivity contribution >= 4 is 5.97 Å². The van der Waals surface area contributed by atoms with E-state index in [1.54, 1.807) is 0 Å². The molecule has 108 valence electrons. The third kappa shape index (κ3) is 2.85. The summed E-state index contributed by atoms with van der Waals surface area (Å²) in [6.07, 6.45) is 2.38. The first kappa shape index (κ1) is 13.9. The van der Waals surface area contributed by atoms with Gasteiger partial charge in [-0.25, -0.2) is 0 Å². The van der Waals surface area contributed by atoms with Gasteiger partial charge in [-0.2, -0.15) is 0 Å². The van der Waals surface area contributed by atoms with Gasteiger partial charge in [0, 0.05) is 0 Å². The standard InChI is InChI=1S/C19H20O2/c1-13-6-2-3-7-14(13)10-17(19(20)21)12-16-11-15-8-4-5-9-18(15)16/h2-9,16-17H,10-12H2,1H3,(H,20,21). The van der Waals surface area contributed by atoms with Gasteiger partial charge in [-0.1, -0.05) is 48.5 Å². The molecule has 0 heterocycles. The maximum absolute atomic E-state index is 11.6. The molecule has 0 saturated heterocycles. The van der Waals surface area contributed by atoms with E-state index >= 15 is 0 Å². The van der Waals surface area contributed by atoms with Crippen LogP contribution >= 0.6 is 0 Å². The summed E-state index contributed by atoms with van der Waals surface area (Å²) in [5.74, 6) is -0.571. The van der Waals surface area contributed by atoms with Crippen LogP contribution in [0.25, 0.3) is 0 Å². The molecule has 0 bridgehead atoms. The van der Waals surface area contributed by atoms with Gasteiger partial charge >= 0.3 is 5.97 Å². The largest absolute Gasteiger partial charge is 0.481 e. The average molecular weight is 280 g/mol. The number of aliphatic carboxylic acids is 1. The van der Waals surface area contributed by atoms with E-state index in [1.165, 1.54) is 16.7 Å². The fourth-order valence-electron chi connectivity index (χ4n) is 3.29. The molecule has 2 nitrogen and oxygen atoms in total. The summed E-state index contributed by atoms with van der Waals surface area (Å²) in [6, 6.07) is 16.4. The molecule has 0 radical (unpaired) electrons. The first-order valence-electron chi connectivity index (χ1n) is 7.50. The minimum absolute atomic E-state index is 0.301. The van der Waals surface area contributed by atoms with Gasteiger partial charge in [-0.15, -0.1) is 0 Å². The van der Waals surface area contributed by atoms with E-state index in [4.69, 9.17) is 0 Å². The van der Waals surface area contributed by atoms with Gasteiger partial charge in [0.25, 0.3) is 0 Å². The van der Waals surface area contributed by atoms with Crippen molar-refractivity contribution in [1.82, 2.24) is 0 Å². The molecular formula is C19H20O2. The first-order chi connectivity index (χ1) is 10.1. The van der Waals surface area contributed by atoms with E-state index in [1.807, 2.05) is 37.3 Å². The second-order valence-electron chi connectivity index (χ2n) is 6.00. The Labute approximate surface area is 125 Å². The predicted molar refractivity (Wildman–Crippen MR) is 83.5 cm³/mol. The minimum Gasteiger partial charge on any atom is -0.481 e. The highest BCUT2D eigenvalue weighted by Gasteiger charge is 2.31. The second kappa shape index (κ2) is 5.72. The van der Waals surface area contributed by atoms with Gasteiger partial charge in [-0.05, 0) is 54.4 Å². The molecule has 2 atom stereocenters. The monoisotopic (exact) mass is 280 g/mol. The Hall–Kier alpha value is -2.09. The lowest BCUT2D eigenvalue weighted by molar-refractivity contribution is -0.142. The van der Waals surface area contributed by atoms with Crippen molar-refractivity contribution in [2.45, 2.75) is 32.1 Å². The summed E-state index contributed by atoms with van der Waals surface area (Å²) in [5, 5.41) is 9.54. The maximum atomic E-state index is 11.6. The number of rotatable bonds is 5. The number of hydrogen-bond donors (Lipinski definition) is 1. The quantitative estimate of drug-likeness (QED) is 0.900. The number of carboxylic acids is 1. The van der Waals surface area contributed by atoms with Crippen LogP contribution < -0.4 is 0 Å². The Balaban J connectivity index is 1.72. The Morgan fingerprint density at radius 2 is 1.90 bits per heavy atom. The molecule has 1 N–H and O–H groups in total. The highest BCUT2D eigenvalue weighted by atomic mass is 16.4. The van der Waals surface area contributed by atoms with E-state index < -0.39 is 5.97 Å². The van der Waals surface area contributed by atoms with Crippen molar-refractivity contribution in [3.05, 3.63) is 70.8 Å². The highest BCUT2D eigenvalue weighted by Crippen LogP contribution is 2.39. The Bertz CT molecular complexity index is 660. The molecule has 2 unspecified atom stereocenters. The molecule has 3 rings (SSSR count). The normalized spacial score (nSPS) is 17.7. The van der Waals surface area contributed by atoms with E-state index in [2.05, 4.69) is 18.2 Å². The number of hydrogen-bond acceptors (Lipinski definition) is 1. The van der Waals surface area contributed by atoms with Gasteiger partial charge in [0.1, 0.15) is 0 Å². The zero-order chi connectivity index (χ0) is 14.8. The number of aryl methyl sites for hydroxylation is 1. The van der Waals surface area contributed by atoms with Crippen LogP contribution in [-0.4, -0.2) is 11.1 Å². The molecule has 2 heteroatoms. The molecule has 1 aliphatic carbocycles. The zero-order valence-corrected chi connectivity index (χ0v) is 12.3. The Morgan fingerprint density at radius 3 is 2.62 bits per heavy atom. The first-order valence-corrected chi connectivity index (χ1v) is 7.50. The lowest BCUT2D eigenvalue weighted by Gasteiger charge is -2.32. The van der Waals surface area contributed by atoms with Gasteiger partial charge in [0.2, 0.25) is 0 Å². The van der Waals surface area contributed by atoms with Crippen LogP contribution in [0.2, 0.25) is 0 Å². The summed E-state index contributed by atoms with van der Waals surface area (Å²) < 4.78 is 0. The van der Waals surface area contributed by atoms with Gasteiger partial charge < -0.3 is 5.11 Å². The molecule has 0 fully saturated rings. The number of carbonyl (C=O) groups is 1. The zero-order valence-electron chi connectivity index (χ0n) is 12.3. The third-order valence-electron chi connectivity index (χ3n) is 4.61. The van der Waals surface area contributed by atoms with Crippen LogP contribution in [-0.2, 0) is 17.6 Å². The molecule has 2 aromatic carbocycles. The molecule has 1 aliphatic rings. The predicted octanol–water partition coefficient (Wildman–Crippen LogP) is 3.97. The SMILES string of the molecule is Cc1ccccc1CC(CC1Cc2ccccc21)C(=O)O. The molecule has 0 aliphatic heterocycles. The van der Waals surface area contributed by atoms with Crippen LogP contribution in [0.15, 0.2) is 48.5 Å². The molecule has 0 spiro atoms. The molecule has 0 aromatic heterocycles. The summed E-state index contributed by atoms with van der Waals surface area (Å²) in [4.78, 5) is 11.6. The van der Waals surface area contributed by atoms with Gasteiger partial charge in [-0.3, -0.25) is 4.79 Å². The van der Waals surface area contributed by atoms with Crippen LogP contribution in [0.3, 0.4) is 0 Å². The van der Waals surface area contributed by atoms with Crippen molar-refractivity contribution in [1.29, 1.82) is 0 Å².